The van der Waals surface area contributed by atoms with E-state index in [1.54, 1.807) is 0 Å². The van der Waals surface area contributed by atoms with Crippen molar-refractivity contribution in [3.05, 3.63) is 42.0 Å². The third-order valence-electron chi connectivity index (χ3n) is 3.65. The highest BCUT2D eigenvalue weighted by Gasteiger charge is 2.33. The first kappa shape index (κ1) is 9.71. The summed E-state index contributed by atoms with van der Waals surface area (Å²) in [7, 11) is 0. The molecule has 1 aliphatic rings. The molecule has 0 saturated carbocycles. The van der Waals surface area contributed by atoms with Crippen LogP contribution < -0.4 is 4.74 Å². The molecule has 0 radical (unpaired) electrons. The molecule has 1 heteroatoms. The van der Waals surface area contributed by atoms with Gasteiger partial charge in [-0.3, -0.25) is 0 Å². The highest BCUT2D eigenvalue weighted by Crippen LogP contribution is 2.40. The maximum Gasteiger partial charge on any atom is 0.124 e. The molecule has 2 aromatic carbocycles. The van der Waals surface area contributed by atoms with Gasteiger partial charge in [0.15, 0.2) is 0 Å². The number of hydrogen-bond acceptors (Lipinski definition) is 1. The number of ether oxygens (including phenoxy) is 1. The quantitative estimate of drug-likeness (QED) is 0.695. The zero-order chi connectivity index (χ0) is 11.2. The van der Waals surface area contributed by atoms with Crippen molar-refractivity contribution < 1.29 is 4.74 Å². The molecule has 16 heavy (non-hydrogen) atoms. The first-order chi connectivity index (χ1) is 7.72. The third kappa shape index (κ3) is 1.31. The van der Waals surface area contributed by atoms with Gasteiger partial charge in [0, 0.05) is 12.0 Å². The van der Waals surface area contributed by atoms with E-state index in [0.29, 0.717) is 0 Å². The molecule has 0 aromatic heterocycles. The molecule has 1 unspecified atom stereocenters. The molecule has 2 aromatic rings. The summed E-state index contributed by atoms with van der Waals surface area (Å²) in [5.74, 6) is 1.07. The van der Waals surface area contributed by atoms with Crippen LogP contribution in [0.5, 0.6) is 5.75 Å². The Balaban J connectivity index is 2.21. The van der Waals surface area contributed by atoms with Gasteiger partial charge < -0.3 is 4.74 Å². The van der Waals surface area contributed by atoms with Gasteiger partial charge in [-0.1, -0.05) is 37.3 Å². The average molecular weight is 212 g/mol. The monoisotopic (exact) mass is 212 g/mol. The van der Waals surface area contributed by atoms with Crippen molar-refractivity contribution in [3.8, 4) is 5.75 Å². The zero-order valence-electron chi connectivity index (χ0n) is 9.79. The van der Waals surface area contributed by atoms with Crippen LogP contribution in [0.3, 0.4) is 0 Å². The smallest absolute Gasteiger partial charge is 0.124 e. The fourth-order valence-electron chi connectivity index (χ4n) is 2.47. The highest BCUT2D eigenvalue weighted by atomic mass is 16.5. The molecule has 0 spiro atoms. The van der Waals surface area contributed by atoms with E-state index in [4.69, 9.17) is 4.74 Å². The predicted octanol–water partition coefficient (Wildman–Crippen LogP) is 3.94. The van der Waals surface area contributed by atoms with Crippen molar-refractivity contribution >= 4 is 10.8 Å². The molecule has 0 N–H and O–H groups in total. The normalized spacial score (nSPS) is 23.1. The molecule has 82 valence electrons. The largest absolute Gasteiger partial charge is 0.487 e. The molecule has 1 nitrogen and oxygen atoms in total. The van der Waals surface area contributed by atoms with Gasteiger partial charge >= 0.3 is 0 Å². The van der Waals surface area contributed by atoms with Crippen LogP contribution >= 0.6 is 0 Å². The lowest BCUT2D eigenvalue weighted by molar-refractivity contribution is 0.112. The second-order valence-electron chi connectivity index (χ2n) is 4.85. The lowest BCUT2D eigenvalue weighted by atomic mass is 9.93. The Hall–Kier alpha value is -1.50. The summed E-state index contributed by atoms with van der Waals surface area (Å²) in [6.45, 7) is 4.38. The van der Waals surface area contributed by atoms with Crippen LogP contribution in [-0.2, 0) is 6.42 Å². The van der Waals surface area contributed by atoms with Gasteiger partial charge in [0.1, 0.15) is 11.4 Å². The molecule has 0 bridgehead atoms. The lowest BCUT2D eigenvalue weighted by Crippen LogP contribution is -2.28. The van der Waals surface area contributed by atoms with E-state index in [2.05, 4.69) is 50.2 Å². The van der Waals surface area contributed by atoms with E-state index in [1.165, 1.54) is 16.3 Å². The van der Waals surface area contributed by atoms with E-state index in [-0.39, 0.29) is 5.60 Å². The molecule has 1 heterocycles. The van der Waals surface area contributed by atoms with Crippen LogP contribution in [0.25, 0.3) is 10.8 Å². The second kappa shape index (κ2) is 3.24. The van der Waals surface area contributed by atoms with Gasteiger partial charge in [0.2, 0.25) is 0 Å². The summed E-state index contributed by atoms with van der Waals surface area (Å²) in [6, 6.07) is 12.8. The van der Waals surface area contributed by atoms with Crippen molar-refractivity contribution in [2.45, 2.75) is 32.3 Å². The Morgan fingerprint density at radius 3 is 2.81 bits per heavy atom. The van der Waals surface area contributed by atoms with Crippen LogP contribution in [0.2, 0.25) is 0 Å². The Morgan fingerprint density at radius 2 is 2.00 bits per heavy atom. The zero-order valence-corrected chi connectivity index (χ0v) is 9.79. The number of hydrogen-bond donors (Lipinski definition) is 0. The van der Waals surface area contributed by atoms with Crippen LogP contribution in [-0.4, -0.2) is 5.60 Å². The summed E-state index contributed by atoms with van der Waals surface area (Å²) in [4.78, 5) is 0. The Labute approximate surface area is 96.0 Å². The molecule has 0 saturated heterocycles. The number of benzene rings is 2. The molecule has 1 aliphatic heterocycles. The molecule has 0 fully saturated rings. The SMILES string of the molecule is CCC1(C)Cc2c(ccc3ccccc23)O1. The minimum atomic E-state index is -0.00748. The minimum absolute atomic E-state index is 0.00748. The molecular formula is C15H16O. The summed E-state index contributed by atoms with van der Waals surface area (Å²) in [5.41, 5.74) is 1.37. The van der Waals surface area contributed by atoms with Crippen LogP contribution in [0, 0.1) is 0 Å². The van der Waals surface area contributed by atoms with Crippen LogP contribution in [0.1, 0.15) is 25.8 Å². The van der Waals surface area contributed by atoms with Crippen molar-refractivity contribution in [3.63, 3.8) is 0 Å². The van der Waals surface area contributed by atoms with Crippen molar-refractivity contribution in [1.29, 1.82) is 0 Å². The Bertz CT molecular complexity index is 544. The topological polar surface area (TPSA) is 9.23 Å². The fraction of sp³-hybridized carbons (Fsp3) is 0.333. The van der Waals surface area contributed by atoms with Gasteiger partial charge in [-0.05, 0) is 30.2 Å². The van der Waals surface area contributed by atoms with Gasteiger partial charge in [0.25, 0.3) is 0 Å². The lowest BCUT2D eigenvalue weighted by Gasteiger charge is -2.21. The molecule has 3 rings (SSSR count). The third-order valence-corrected chi connectivity index (χ3v) is 3.65. The van der Waals surface area contributed by atoms with Crippen molar-refractivity contribution in [2.24, 2.45) is 0 Å². The van der Waals surface area contributed by atoms with Crippen molar-refractivity contribution in [1.82, 2.24) is 0 Å². The van der Waals surface area contributed by atoms with Gasteiger partial charge in [-0.15, -0.1) is 0 Å². The summed E-state index contributed by atoms with van der Waals surface area (Å²) in [6.07, 6.45) is 2.08. The highest BCUT2D eigenvalue weighted by molar-refractivity contribution is 5.88. The molecular weight excluding hydrogens is 196 g/mol. The van der Waals surface area contributed by atoms with E-state index in [1.807, 2.05) is 0 Å². The predicted molar refractivity (Wildman–Crippen MR) is 67.0 cm³/mol. The van der Waals surface area contributed by atoms with Crippen LogP contribution in [0.4, 0.5) is 0 Å². The van der Waals surface area contributed by atoms with E-state index >= 15 is 0 Å². The first-order valence-corrected chi connectivity index (χ1v) is 5.91. The van der Waals surface area contributed by atoms with E-state index in [9.17, 15) is 0 Å². The van der Waals surface area contributed by atoms with E-state index < -0.39 is 0 Å². The fourth-order valence-corrected chi connectivity index (χ4v) is 2.47. The Kier molecular flexibility index (Phi) is 1.97. The van der Waals surface area contributed by atoms with Gasteiger partial charge in [0.05, 0.1) is 0 Å². The van der Waals surface area contributed by atoms with Gasteiger partial charge in [-0.25, -0.2) is 0 Å². The molecule has 0 aliphatic carbocycles. The molecule has 0 amide bonds. The number of fused-ring (bicyclic) bond motifs is 3. The second-order valence-corrected chi connectivity index (χ2v) is 4.85. The van der Waals surface area contributed by atoms with Crippen LogP contribution in [0.15, 0.2) is 36.4 Å². The van der Waals surface area contributed by atoms with Gasteiger partial charge in [-0.2, -0.15) is 0 Å². The maximum atomic E-state index is 6.05. The minimum Gasteiger partial charge on any atom is -0.487 e. The molecule has 1 atom stereocenters. The number of rotatable bonds is 1. The maximum absolute atomic E-state index is 6.05. The average Bonchev–Trinajstić information content (AvgIpc) is 2.67. The summed E-state index contributed by atoms with van der Waals surface area (Å²) in [5, 5.41) is 2.65. The first-order valence-electron chi connectivity index (χ1n) is 5.91. The van der Waals surface area contributed by atoms with E-state index in [0.717, 1.165) is 18.6 Å². The standard InChI is InChI=1S/C15H16O/c1-3-15(2)10-13-12-7-5-4-6-11(12)8-9-14(13)16-15/h4-9H,3,10H2,1-2H3. The summed E-state index contributed by atoms with van der Waals surface area (Å²) < 4.78 is 6.05. The summed E-state index contributed by atoms with van der Waals surface area (Å²) >= 11 is 0. The van der Waals surface area contributed by atoms with Crippen molar-refractivity contribution in [2.75, 3.05) is 0 Å². The Morgan fingerprint density at radius 1 is 1.19 bits per heavy atom.